The van der Waals surface area contributed by atoms with Gasteiger partial charge in [0.05, 0.1) is 22.8 Å². The van der Waals surface area contributed by atoms with Gasteiger partial charge in [-0.3, -0.25) is 9.98 Å². The quantitative estimate of drug-likeness (QED) is 0.0273. The predicted octanol–water partition coefficient (Wildman–Crippen LogP) is 26.0. The second kappa shape index (κ2) is 60.0. The van der Waals surface area contributed by atoms with E-state index in [1.807, 2.05) is 0 Å². The normalized spacial score (nSPS) is 11.6. The first kappa shape index (κ1) is 74.4. The van der Waals surface area contributed by atoms with Gasteiger partial charge in [-0.1, -0.05) is 340 Å². The Morgan fingerprint density at radius 2 is 0.519 bits per heavy atom. The number of unbranched alkanes of at least 4 members (excludes halogenated alkanes) is 45. The molecule has 0 atom stereocenters. The van der Waals surface area contributed by atoms with Gasteiger partial charge in [0, 0.05) is 42.2 Å². The number of aryl methyl sites for hydroxylation is 2. The maximum absolute atomic E-state index is 5.45. The molecular formula is C76H128N2Ni. The predicted molar refractivity (Wildman–Crippen MR) is 353 cm³/mol. The number of aliphatic imine (C=N–C) groups is 2. The molecule has 3 heteroatoms. The fourth-order valence-corrected chi connectivity index (χ4v) is 11.3. The van der Waals surface area contributed by atoms with Crippen LogP contribution in [0.15, 0.2) is 58.5 Å². The SMILES string of the molecule is CCCCCCCCCCCCCCCCCCCCCCCC#CCCc1ccccc1N=C(CC)C(CCCCCC)=Nc1ccccc1CCC#CCCCCCCCCCCCCCCCCCCCCCCC.[Ni]. The third kappa shape index (κ3) is 46.6. The van der Waals surface area contributed by atoms with Crippen molar-refractivity contribution >= 4 is 22.8 Å². The summed E-state index contributed by atoms with van der Waals surface area (Å²) in [5, 5.41) is 0. The van der Waals surface area contributed by atoms with Gasteiger partial charge in [0.25, 0.3) is 0 Å². The largest absolute Gasteiger partial charge is 0.251 e. The van der Waals surface area contributed by atoms with Gasteiger partial charge in [-0.25, -0.2) is 0 Å². The molecule has 0 unspecified atom stereocenters. The number of hydrogen-bond donors (Lipinski definition) is 0. The molecule has 0 fully saturated rings. The van der Waals surface area contributed by atoms with Crippen LogP contribution in [0, 0.1) is 23.7 Å². The van der Waals surface area contributed by atoms with Crippen LogP contribution in [0.4, 0.5) is 11.4 Å². The van der Waals surface area contributed by atoms with Crippen LogP contribution < -0.4 is 0 Å². The van der Waals surface area contributed by atoms with E-state index in [0.717, 1.165) is 80.6 Å². The molecule has 0 heterocycles. The molecule has 2 aromatic carbocycles. The number of rotatable bonds is 55. The first-order valence-electron chi connectivity index (χ1n) is 35.0. The molecule has 0 N–H and O–H groups in total. The van der Waals surface area contributed by atoms with Crippen LogP contribution in [0.3, 0.4) is 0 Å². The van der Waals surface area contributed by atoms with Crippen molar-refractivity contribution in [2.45, 2.75) is 374 Å². The smallest absolute Gasteiger partial charge is 0.0666 e. The van der Waals surface area contributed by atoms with Crippen molar-refractivity contribution < 1.29 is 16.5 Å². The molecule has 0 saturated heterocycles. The Morgan fingerprint density at radius 1 is 0.278 bits per heavy atom. The Labute approximate surface area is 504 Å². The van der Waals surface area contributed by atoms with Crippen molar-refractivity contribution in [3.05, 3.63) is 59.7 Å². The second-order valence-corrected chi connectivity index (χ2v) is 23.9. The Bertz CT molecular complexity index is 1800. The van der Waals surface area contributed by atoms with Gasteiger partial charge in [-0.15, -0.1) is 23.7 Å². The molecule has 0 aromatic heterocycles. The molecule has 0 bridgehead atoms. The van der Waals surface area contributed by atoms with Crippen molar-refractivity contribution in [3.63, 3.8) is 0 Å². The monoisotopic (exact) mass is 1130 g/mol. The van der Waals surface area contributed by atoms with Crippen molar-refractivity contribution in [1.29, 1.82) is 0 Å². The molecule has 0 aliphatic heterocycles. The van der Waals surface area contributed by atoms with Crippen LogP contribution in [-0.2, 0) is 29.3 Å². The van der Waals surface area contributed by atoms with Crippen LogP contribution >= 0.6 is 0 Å². The van der Waals surface area contributed by atoms with Gasteiger partial charge in [0.15, 0.2) is 0 Å². The van der Waals surface area contributed by atoms with Gasteiger partial charge < -0.3 is 0 Å². The Kier molecular flexibility index (Phi) is 56.5. The van der Waals surface area contributed by atoms with E-state index < -0.39 is 0 Å². The van der Waals surface area contributed by atoms with Crippen molar-refractivity contribution in [1.82, 2.24) is 0 Å². The molecule has 0 aliphatic carbocycles. The van der Waals surface area contributed by atoms with Crippen LogP contribution in [0.1, 0.15) is 373 Å². The van der Waals surface area contributed by atoms with Crippen LogP contribution in [0.2, 0.25) is 0 Å². The molecule has 0 amide bonds. The van der Waals surface area contributed by atoms with E-state index >= 15 is 0 Å². The zero-order chi connectivity index (χ0) is 55.5. The summed E-state index contributed by atoms with van der Waals surface area (Å²) in [6.45, 7) is 9.16. The number of hydrogen-bond acceptors (Lipinski definition) is 2. The van der Waals surface area contributed by atoms with Crippen molar-refractivity contribution in [3.8, 4) is 23.7 Å². The van der Waals surface area contributed by atoms with E-state index in [0.29, 0.717) is 0 Å². The van der Waals surface area contributed by atoms with Crippen molar-refractivity contribution in [2.24, 2.45) is 9.98 Å². The van der Waals surface area contributed by atoms with E-state index in [-0.39, 0.29) is 16.5 Å². The van der Waals surface area contributed by atoms with Gasteiger partial charge in [-0.05, 0) is 68.2 Å². The van der Waals surface area contributed by atoms with Gasteiger partial charge in [0.2, 0.25) is 0 Å². The summed E-state index contributed by atoms with van der Waals surface area (Å²) < 4.78 is 0. The number of benzene rings is 2. The number of para-hydroxylation sites is 2. The summed E-state index contributed by atoms with van der Waals surface area (Å²) in [5.74, 6) is 14.1. The van der Waals surface area contributed by atoms with Gasteiger partial charge >= 0.3 is 0 Å². The molecule has 452 valence electrons. The maximum atomic E-state index is 5.45. The summed E-state index contributed by atoms with van der Waals surface area (Å²) in [6.07, 6.45) is 72.4. The van der Waals surface area contributed by atoms with Crippen molar-refractivity contribution in [2.75, 3.05) is 0 Å². The third-order valence-corrected chi connectivity index (χ3v) is 16.5. The molecular weight excluding hydrogens is 1000 g/mol. The Morgan fingerprint density at radius 3 is 0.810 bits per heavy atom. The molecule has 79 heavy (non-hydrogen) atoms. The molecule has 0 aliphatic rings. The minimum atomic E-state index is 0. The summed E-state index contributed by atoms with van der Waals surface area (Å²) >= 11 is 0. The molecule has 2 rings (SSSR count). The van der Waals surface area contributed by atoms with Gasteiger partial charge in [-0.2, -0.15) is 0 Å². The van der Waals surface area contributed by atoms with Crippen LogP contribution in [0.5, 0.6) is 0 Å². The second-order valence-electron chi connectivity index (χ2n) is 23.9. The zero-order valence-electron chi connectivity index (χ0n) is 53.0. The Balaban J connectivity index is 0.0000312. The first-order valence-corrected chi connectivity index (χ1v) is 35.0. The van der Waals surface area contributed by atoms with E-state index in [1.54, 1.807) is 0 Å². The summed E-state index contributed by atoms with van der Waals surface area (Å²) in [7, 11) is 0. The van der Waals surface area contributed by atoms with E-state index in [2.05, 4.69) is 99.9 Å². The van der Waals surface area contributed by atoms with E-state index in [9.17, 15) is 0 Å². The minimum Gasteiger partial charge on any atom is -0.251 e. The zero-order valence-corrected chi connectivity index (χ0v) is 54.0. The first-order chi connectivity index (χ1) is 38.7. The Hall–Kier alpha value is -2.61. The molecule has 2 aromatic rings. The number of nitrogens with zero attached hydrogens (tertiary/aromatic N) is 2. The van der Waals surface area contributed by atoms with E-state index in [1.165, 1.54) is 300 Å². The fraction of sp³-hybridized carbons (Fsp3) is 0.763. The average molecular weight is 1130 g/mol. The minimum absolute atomic E-state index is 0. The summed E-state index contributed by atoms with van der Waals surface area (Å²) in [4.78, 5) is 10.8. The van der Waals surface area contributed by atoms with Crippen LogP contribution in [0.25, 0.3) is 0 Å². The topological polar surface area (TPSA) is 24.7 Å². The maximum Gasteiger partial charge on any atom is 0.0666 e. The average Bonchev–Trinajstić information content (AvgIpc) is 3.48. The van der Waals surface area contributed by atoms with Crippen LogP contribution in [-0.4, -0.2) is 11.4 Å². The molecule has 2 nitrogen and oxygen atoms in total. The summed E-state index contributed by atoms with van der Waals surface area (Å²) in [5.41, 5.74) is 7.05. The summed E-state index contributed by atoms with van der Waals surface area (Å²) in [6, 6.07) is 17.5. The fourth-order valence-electron chi connectivity index (χ4n) is 11.3. The van der Waals surface area contributed by atoms with E-state index in [4.69, 9.17) is 9.98 Å². The standard InChI is InChI=1S/C76H128N2.Ni/c1-5-9-12-15-17-19-21-23-25-27-29-31-33-35-37-39-41-43-45-47-49-51-53-55-57-64-71-66-60-62-68-74(71)77-73(8-4)76(70-59-14-11-7-3)78-75-69-63-61-67-72(75)65-58-56-54-52-50-48-46-44-42-40-38-36-34-32-30-28-26-24-22-20-18-16-13-10-6-2;/h60-63,66-69H,5-52,57-59,64-65,70H2,1-4H3;. The molecule has 0 saturated carbocycles. The molecule has 0 spiro atoms. The third-order valence-electron chi connectivity index (χ3n) is 16.5. The van der Waals surface area contributed by atoms with Gasteiger partial charge in [0.1, 0.15) is 0 Å². The molecule has 0 radical (unpaired) electrons.